The molecule has 0 aliphatic rings. The first-order valence-electron chi connectivity index (χ1n) is 9.37. The predicted molar refractivity (Wildman–Crippen MR) is 114 cm³/mol. The summed E-state index contributed by atoms with van der Waals surface area (Å²) in [6.45, 7) is 3.69. The van der Waals surface area contributed by atoms with Crippen molar-refractivity contribution >= 4 is 39.9 Å². The number of benzene rings is 3. The molecule has 0 aliphatic carbocycles. The number of fused-ring (bicyclic) bond motifs is 1. The van der Waals surface area contributed by atoms with E-state index in [1.54, 1.807) is 0 Å². The maximum absolute atomic E-state index is 13.3. The maximum atomic E-state index is 13.3. The lowest BCUT2D eigenvalue weighted by Gasteiger charge is -2.22. The van der Waals surface area contributed by atoms with Gasteiger partial charge in [0.15, 0.2) is 0 Å². The zero-order valence-electron chi connectivity index (χ0n) is 16.2. The van der Waals surface area contributed by atoms with Gasteiger partial charge in [0.25, 0.3) is 0 Å². The van der Waals surface area contributed by atoms with Crippen molar-refractivity contribution in [1.82, 2.24) is 5.32 Å². The van der Waals surface area contributed by atoms with Crippen molar-refractivity contribution < 1.29 is 14.0 Å². The van der Waals surface area contributed by atoms with E-state index in [4.69, 9.17) is 11.6 Å². The van der Waals surface area contributed by atoms with Crippen LogP contribution in [0, 0.1) is 11.7 Å². The molecule has 0 unspecified atom stereocenters. The van der Waals surface area contributed by atoms with Gasteiger partial charge in [0.05, 0.1) is 11.4 Å². The van der Waals surface area contributed by atoms with Gasteiger partial charge in [0, 0.05) is 5.69 Å². The molecule has 29 heavy (non-hydrogen) atoms. The maximum Gasteiger partial charge on any atom is 0.247 e. The van der Waals surface area contributed by atoms with E-state index in [-0.39, 0.29) is 29.2 Å². The Labute approximate surface area is 174 Å². The Morgan fingerprint density at radius 2 is 1.76 bits per heavy atom. The van der Waals surface area contributed by atoms with E-state index in [1.807, 2.05) is 56.3 Å². The number of halogens is 2. The molecule has 0 saturated carbocycles. The molecule has 0 aromatic heterocycles. The van der Waals surface area contributed by atoms with Gasteiger partial charge in [-0.25, -0.2) is 4.39 Å². The Bertz CT molecular complexity index is 1050. The van der Waals surface area contributed by atoms with Crippen LogP contribution < -0.4 is 10.6 Å². The molecular formula is C23H22ClFN2O2. The minimum Gasteiger partial charge on any atom is -0.344 e. The zero-order chi connectivity index (χ0) is 21.0. The fourth-order valence-corrected chi connectivity index (χ4v) is 3.35. The minimum absolute atomic E-state index is 0.0797. The van der Waals surface area contributed by atoms with Crippen LogP contribution in [-0.4, -0.2) is 17.9 Å². The molecule has 0 radical (unpaired) electrons. The number of rotatable bonds is 6. The van der Waals surface area contributed by atoms with Crippen molar-refractivity contribution in [2.45, 2.75) is 26.3 Å². The van der Waals surface area contributed by atoms with Crippen LogP contribution in [-0.2, 0) is 16.0 Å². The van der Waals surface area contributed by atoms with E-state index < -0.39 is 11.9 Å². The summed E-state index contributed by atoms with van der Waals surface area (Å²) in [5, 5.41) is 7.49. The standard InChI is InChI=1S/C23H22ClFN2O2/c1-14(2)22(23(29)26-17-10-11-20(25)19(24)13-17)27-21(28)12-16-8-5-7-15-6-3-4-9-18(15)16/h3-11,13-14,22H,12H2,1-2H3,(H,26,29)(H,27,28)/t22-/m0/s1. The molecule has 1 atom stereocenters. The van der Waals surface area contributed by atoms with E-state index in [1.165, 1.54) is 18.2 Å². The Morgan fingerprint density at radius 3 is 2.48 bits per heavy atom. The highest BCUT2D eigenvalue weighted by atomic mass is 35.5. The molecular weight excluding hydrogens is 391 g/mol. The Morgan fingerprint density at radius 1 is 1.03 bits per heavy atom. The fourth-order valence-electron chi connectivity index (χ4n) is 3.17. The summed E-state index contributed by atoms with van der Waals surface area (Å²) in [6.07, 6.45) is 0.167. The van der Waals surface area contributed by atoms with Crippen molar-refractivity contribution in [1.29, 1.82) is 0 Å². The van der Waals surface area contributed by atoms with E-state index in [0.29, 0.717) is 5.69 Å². The van der Waals surface area contributed by atoms with E-state index in [2.05, 4.69) is 10.6 Å². The van der Waals surface area contributed by atoms with Gasteiger partial charge in [-0.05, 0) is 40.5 Å². The number of carbonyl (C=O) groups excluding carboxylic acids is 2. The van der Waals surface area contributed by atoms with Gasteiger partial charge >= 0.3 is 0 Å². The molecule has 3 aromatic carbocycles. The molecule has 0 heterocycles. The SMILES string of the molecule is CC(C)[C@H](NC(=O)Cc1cccc2ccccc12)C(=O)Nc1ccc(F)c(Cl)c1. The molecule has 150 valence electrons. The number of hydrogen-bond acceptors (Lipinski definition) is 2. The summed E-state index contributed by atoms with van der Waals surface area (Å²) in [7, 11) is 0. The van der Waals surface area contributed by atoms with Crippen molar-refractivity contribution in [3.63, 3.8) is 0 Å². The Kier molecular flexibility index (Phi) is 6.49. The Hall–Kier alpha value is -2.92. The molecule has 0 aliphatic heterocycles. The van der Waals surface area contributed by atoms with E-state index in [0.717, 1.165) is 16.3 Å². The summed E-state index contributed by atoms with van der Waals surface area (Å²) in [6, 6.07) is 16.9. The third-order valence-electron chi connectivity index (χ3n) is 4.68. The van der Waals surface area contributed by atoms with Crippen LogP contribution in [0.3, 0.4) is 0 Å². The summed E-state index contributed by atoms with van der Waals surface area (Å²) < 4.78 is 13.3. The zero-order valence-corrected chi connectivity index (χ0v) is 17.0. The van der Waals surface area contributed by atoms with Crippen molar-refractivity contribution in [3.05, 3.63) is 77.1 Å². The minimum atomic E-state index is -0.735. The van der Waals surface area contributed by atoms with Gasteiger partial charge in [-0.1, -0.05) is 67.9 Å². The molecule has 3 aromatic rings. The average molecular weight is 413 g/mol. The van der Waals surface area contributed by atoms with Gasteiger partial charge in [-0.15, -0.1) is 0 Å². The third-order valence-corrected chi connectivity index (χ3v) is 4.97. The molecule has 4 nitrogen and oxygen atoms in total. The molecule has 0 saturated heterocycles. The van der Waals surface area contributed by atoms with Crippen LogP contribution >= 0.6 is 11.6 Å². The van der Waals surface area contributed by atoms with Gasteiger partial charge in [0.1, 0.15) is 11.9 Å². The molecule has 2 N–H and O–H groups in total. The highest BCUT2D eigenvalue weighted by Gasteiger charge is 2.24. The normalized spacial score (nSPS) is 12.0. The van der Waals surface area contributed by atoms with Gasteiger partial charge in [-0.2, -0.15) is 0 Å². The van der Waals surface area contributed by atoms with Crippen LogP contribution in [0.4, 0.5) is 10.1 Å². The van der Waals surface area contributed by atoms with E-state index in [9.17, 15) is 14.0 Å². The molecule has 6 heteroatoms. The predicted octanol–water partition coefficient (Wildman–Crippen LogP) is 4.95. The third kappa shape index (κ3) is 5.12. The average Bonchev–Trinajstić information content (AvgIpc) is 2.69. The highest BCUT2D eigenvalue weighted by molar-refractivity contribution is 6.31. The first-order chi connectivity index (χ1) is 13.8. The molecule has 0 bridgehead atoms. The van der Waals surface area contributed by atoms with Crippen molar-refractivity contribution in [3.8, 4) is 0 Å². The Balaban J connectivity index is 1.71. The van der Waals surface area contributed by atoms with Crippen LogP contribution in [0.5, 0.6) is 0 Å². The molecule has 3 rings (SSSR count). The monoisotopic (exact) mass is 412 g/mol. The van der Waals surface area contributed by atoms with Gasteiger partial charge < -0.3 is 10.6 Å². The number of anilines is 1. The summed E-state index contributed by atoms with van der Waals surface area (Å²) in [5.74, 6) is -1.32. The van der Waals surface area contributed by atoms with Crippen LogP contribution in [0.25, 0.3) is 10.8 Å². The second-order valence-electron chi connectivity index (χ2n) is 7.22. The highest BCUT2D eigenvalue weighted by Crippen LogP contribution is 2.21. The fraction of sp³-hybridized carbons (Fsp3) is 0.217. The number of hydrogen-bond donors (Lipinski definition) is 2. The molecule has 2 amide bonds. The number of carbonyl (C=O) groups is 2. The quantitative estimate of drug-likeness (QED) is 0.601. The van der Waals surface area contributed by atoms with Gasteiger partial charge in [0.2, 0.25) is 11.8 Å². The first-order valence-corrected chi connectivity index (χ1v) is 9.75. The number of nitrogens with one attached hydrogen (secondary N) is 2. The second kappa shape index (κ2) is 9.05. The van der Waals surface area contributed by atoms with E-state index >= 15 is 0 Å². The number of amides is 2. The smallest absolute Gasteiger partial charge is 0.247 e. The largest absolute Gasteiger partial charge is 0.344 e. The van der Waals surface area contributed by atoms with Crippen LogP contribution in [0.1, 0.15) is 19.4 Å². The van der Waals surface area contributed by atoms with Crippen LogP contribution in [0.15, 0.2) is 60.7 Å². The first kappa shape index (κ1) is 20.8. The molecule has 0 spiro atoms. The lowest BCUT2D eigenvalue weighted by atomic mass is 10.00. The lowest BCUT2D eigenvalue weighted by Crippen LogP contribution is -2.47. The van der Waals surface area contributed by atoms with Crippen molar-refractivity contribution in [2.75, 3.05) is 5.32 Å². The summed E-state index contributed by atoms with van der Waals surface area (Å²) in [5.41, 5.74) is 1.27. The summed E-state index contributed by atoms with van der Waals surface area (Å²) in [4.78, 5) is 25.4. The summed E-state index contributed by atoms with van der Waals surface area (Å²) >= 11 is 5.77. The van der Waals surface area contributed by atoms with Crippen LogP contribution in [0.2, 0.25) is 5.02 Å². The van der Waals surface area contributed by atoms with Crippen molar-refractivity contribution in [2.24, 2.45) is 5.92 Å². The topological polar surface area (TPSA) is 58.2 Å². The van der Waals surface area contributed by atoms with Gasteiger partial charge in [-0.3, -0.25) is 9.59 Å². The molecule has 0 fully saturated rings. The lowest BCUT2D eigenvalue weighted by molar-refractivity contribution is -0.127. The second-order valence-corrected chi connectivity index (χ2v) is 7.63.